The summed E-state index contributed by atoms with van der Waals surface area (Å²) in [5.74, 6) is -0.913. The van der Waals surface area contributed by atoms with Crippen LogP contribution in [0, 0.1) is 5.92 Å². The van der Waals surface area contributed by atoms with E-state index in [4.69, 9.17) is 14.9 Å². The largest absolute Gasteiger partial charge is 0.481 e. The van der Waals surface area contributed by atoms with Crippen LogP contribution in [0.4, 0.5) is 0 Å². The molecule has 0 atom stereocenters. The zero-order chi connectivity index (χ0) is 18.9. The van der Waals surface area contributed by atoms with Crippen molar-refractivity contribution < 1.29 is 24.5 Å². The average molecular weight is 360 g/mol. The Hall–Kier alpha value is -1.14. The highest BCUT2D eigenvalue weighted by Crippen LogP contribution is 2.10. The van der Waals surface area contributed by atoms with E-state index in [0.29, 0.717) is 26.2 Å². The minimum Gasteiger partial charge on any atom is -0.481 e. The van der Waals surface area contributed by atoms with Gasteiger partial charge in [0.05, 0.1) is 12.8 Å². The lowest BCUT2D eigenvalue weighted by molar-refractivity contribution is -0.137. The molecule has 0 heterocycles. The molecule has 0 saturated heterocycles. The number of carbonyl (C=O) groups is 2. The van der Waals surface area contributed by atoms with Crippen LogP contribution >= 0.6 is 0 Å². The van der Waals surface area contributed by atoms with Gasteiger partial charge in [-0.15, -0.1) is 0 Å². The molecule has 0 radical (unpaired) electrons. The molecule has 0 saturated carbocycles. The second kappa shape index (κ2) is 16.3. The van der Waals surface area contributed by atoms with Crippen LogP contribution < -0.4 is 0 Å². The number of unbranched alkanes of at least 4 members (excludes halogenated alkanes) is 4. The van der Waals surface area contributed by atoms with Gasteiger partial charge in [-0.05, 0) is 18.8 Å². The molecular weight excluding hydrogens is 322 g/mol. The van der Waals surface area contributed by atoms with Crippen molar-refractivity contribution in [3.63, 3.8) is 0 Å². The summed E-state index contributed by atoms with van der Waals surface area (Å²) >= 11 is 0. The van der Waals surface area contributed by atoms with Crippen molar-refractivity contribution in [2.75, 3.05) is 32.8 Å². The first-order valence-electron chi connectivity index (χ1n) is 9.65. The highest BCUT2D eigenvalue weighted by Gasteiger charge is 2.09. The first-order valence-corrected chi connectivity index (χ1v) is 9.65. The molecule has 6 nitrogen and oxygen atoms in total. The van der Waals surface area contributed by atoms with E-state index in [-0.39, 0.29) is 12.8 Å². The van der Waals surface area contributed by atoms with Crippen molar-refractivity contribution in [2.24, 2.45) is 5.92 Å². The highest BCUT2D eigenvalue weighted by molar-refractivity contribution is 5.67. The van der Waals surface area contributed by atoms with Crippen LogP contribution in [0.25, 0.3) is 0 Å². The van der Waals surface area contributed by atoms with Gasteiger partial charge in [0.1, 0.15) is 0 Å². The Labute approximate surface area is 152 Å². The van der Waals surface area contributed by atoms with Gasteiger partial charge in [-0.3, -0.25) is 9.59 Å². The van der Waals surface area contributed by atoms with Gasteiger partial charge in [0.2, 0.25) is 0 Å². The molecule has 0 aromatic heterocycles. The Morgan fingerprint density at radius 1 is 0.800 bits per heavy atom. The summed E-state index contributed by atoms with van der Waals surface area (Å²) in [5.41, 5.74) is 0. The average Bonchev–Trinajstić information content (AvgIpc) is 2.53. The molecule has 0 amide bonds. The van der Waals surface area contributed by atoms with Crippen LogP contribution in [-0.2, 0) is 14.3 Å². The molecule has 2 N–H and O–H groups in total. The smallest absolute Gasteiger partial charge is 0.304 e. The van der Waals surface area contributed by atoms with Gasteiger partial charge < -0.3 is 19.8 Å². The van der Waals surface area contributed by atoms with Gasteiger partial charge in [0.25, 0.3) is 0 Å². The molecule has 0 unspecified atom stereocenters. The number of hydrogen-bond donors (Lipinski definition) is 2. The molecular formula is C19H37NO5. The Morgan fingerprint density at radius 3 is 1.88 bits per heavy atom. The van der Waals surface area contributed by atoms with Crippen LogP contribution in [0.1, 0.15) is 71.6 Å². The van der Waals surface area contributed by atoms with E-state index in [2.05, 4.69) is 13.8 Å². The van der Waals surface area contributed by atoms with Crippen molar-refractivity contribution in [3.8, 4) is 0 Å². The first kappa shape index (κ1) is 23.9. The summed E-state index contributed by atoms with van der Waals surface area (Å²) in [6, 6.07) is 0. The van der Waals surface area contributed by atoms with Crippen molar-refractivity contribution in [3.05, 3.63) is 0 Å². The van der Waals surface area contributed by atoms with Gasteiger partial charge >= 0.3 is 11.9 Å². The fourth-order valence-corrected chi connectivity index (χ4v) is 2.62. The fourth-order valence-electron chi connectivity index (χ4n) is 2.62. The molecule has 0 aliphatic carbocycles. The van der Waals surface area contributed by atoms with Crippen LogP contribution in [0.3, 0.4) is 0 Å². The maximum absolute atomic E-state index is 10.6. The number of carboxylic acid groups (broad SMARTS) is 2. The third-order valence-corrected chi connectivity index (χ3v) is 4.12. The van der Waals surface area contributed by atoms with E-state index in [1.54, 1.807) is 0 Å². The third-order valence-electron chi connectivity index (χ3n) is 4.12. The molecule has 0 rings (SSSR count). The number of ether oxygens (including phenoxy) is 1. The molecule has 0 aliphatic rings. The Bertz CT molecular complexity index is 329. The quantitative estimate of drug-likeness (QED) is 0.363. The summed E-state index contributed by atoms with van der Waals surface area (Å²) < 4.78 is 5.62. The lowest BCUT2D eigenvalue weighted by Gasteiger charge is -2.20. The van der Waals surface area contributed by atoms with E-state index in [0.717, 1.165) is 25.4 Å². The van der Waals surface area contributed by atoms with Crippen LogP contribution in [0.5, 0.6) is 0 Å². The summed E-state index contributed by atoms with van der Waals surface area (Å²) in [4.78, 5) is 23.2. The predicted octanol–water partition coefficient (Wildman–Crippen LogP) is 3.64. The maximum Gasteiger partial charge on any atom is 0.304 e. The van der Waals surface area contributed by atoms with E-state index in [1.807, 2.05) is 4.90 Å². The number of carboxylic acids is 2. The molecule has 0 aromatic carbocycles. The molecule has 0 bridgehead atoms. The van der Waals surface area contributed by atoms with Gasteiger partial charge in [0, 0.05) is 32.8 Å². The SMILES string of the molecule is CC(C)CCCCCCCOCCCN(CCC(=O)O)CCC(=O)O. The molecule has 6 heteroatoms. The Balaban J connectivity index is 3.56. The summed E-state index contributed by atoms with van der Waals surface area (Å²) in [6.45, 7) is 7.39. The van der Waals surface area contributed by atoms with E-state index < -0.39 is 11.9 Å². The van der Waals surface area contributed by atoms with Crippen LogP contribution in [-0.4, -0.2) is 59.9 Å². The van der Waals surface area contributed by atoms with Crippen molar-refractivity contribution in [1.82, 2.24) is 4.90 Å². The number of hydrogen-bond acceptors (Lipinski definition) is 4. The minimum atomic E-state index is -0.857. The zero-order valence-corrected chi connectivity index (χ0v) is 16.0. The standard InChI is InChI=1S/C19H37NO5/c1-17(2)9-6-4-3-5-7-15-25-16-8-12-20(13-10-18(21)22)14-11-19(23)24/h17H,3-16H2,1-2H3,(H,21,22)(H,23,24). The molecule has 0 fully saturated rings. The number of aliphatic carboxylic acids is 2. The minimum absolute atomic E-state index is 0.0390. The first-order chi connectivity index (χ1) is 11.9. The topological polar surface area (TPSA) is 87.1 Å². The van der Waals surface area contributed by atoms with Crippen molar-refractivity contribution >= 4 is 11.9 Å². The van der Waals surface area contributed by atoms with Gasteiger partial charge in [-0.1, -0.05) is 46.0 Å². The lowest BCUT2D eigenvalue weighted by Crippen LogP contribution is -2.30. The highest BCUT2D eigenvalue weighted by atomic mass is 16.5. The summed E-state index contributed by atoms with van der Waals surface area (Å²) in [5, 5.41) is 17.5. The van der Waals surface area contributed by atoms with Gasteiger partial charge in [-0.25, -0.2) is 0 Å². The van der Waals surface area contributed by atoms with Crippen LogP contribution in [0.15, 0.2) is 0 Å². The molecule has 0 aliphatic heterocycles. The van der Waals surface area contributed by atoms with Gasteiger partial charge in [-0.2, -0.15) is 0 Å². The molecule has 148 valence electrons. The Kier molecular flexibility index (Phi) is 15.6. The van der Waals surface area contributed by atoms with Crippen LogP contribution in [0.2, 0.25) is 0 Å². The predicted molar refractivity (Wildman–Crippen MR) is 98.9 cm³/mol. The third kappa shape index (κ3) is 19.0. The maximum atomic E-state index is 10.6. The van der Waals surface area contributed by atoms with Gasteiger partial charge in [0.15, 0.2) is 0 Å². The van der Waals surface area contributed by atoms with E-state index in [9.17, 15) is 9.59 Å². The molecule has 0 spiro atoms. The lowest BCUT2D eigenvalue weighted by atomic mass is 10.0. The van der Waals surface area contributed by atoms with Crippen molar-refractivity contribution in [2.45, 2.75) is 71.6 Å². The normalized spacial score (nSPS) is 11.4. The monoisotopic (exact) mass is 359 g/mol. The summed E-state index contributed by atoms with van der Waals surface area (Å²) in [7, 11) is 0. The molecule has 0 aromatic rings. The number of nitrogens with zero attached hydrogens (tertiary/aromatic N) is 1. The zero-order valence-electron chi connectivity index (χ0n) is 16.0. The van der Waals surface area contributed by atoms with Crippen molar-refractivity contribution in [1.29, 1.82) is 0 Å². The van der Waals surface area contributed by atoms with E-state index in [1.165, 1.54) is 32.1 Å². The second-order valence-corrected chi connectivity index (χ2v) is 7.05. The fraction of sp³-hybridized carbons (Fsp3) is 0.895. The Morgan fingerprint density at radius 2 is 1.32 bits per heavy atom. The second-order valence-electron chi connectivity index (χ2n) is 7.05. The number of rotatable bonds is 18. The molecule has 25 heavy (non-hydrogen) atoms. The van der Waals surface area contributed by atoms with E-state index >= 15 is 0 Å². The summed E-state index contributed by atoms with van der Waals surface area (Å²) in [6.07, 6.45) is 8.39.